The average Bonchev–Trinajstić information content (AvgIpc) is 3.54. The van der Waals surface area contributed by atoms with Gasteiger partial charge in [-0.15, -0.1) is 0 Å². The number of anilines is 1. The first-order valence-corrected chi connectivity index (χ1v) is 10.2. The smallest absolute Gasteiger partial charge is 0.226 e. The molecule has 5 rings (SSSR count). The van der Waals surface area contributed by atoms with Crippen molar-refractivity contribution in [3.05, 3.63) is 53.0 Å². The second-order valence-corrected chi connectivity index (χ2v) is 7.99. The lowest BCUT2D eigenvalue weighted by atomic mass is 10.0. The van der Waals surface area contributed by atoms with Crippen LogP contribution in [0.5, 0.6) is 0 Å². The molecule has 0 unspecified atom stereocenters. The summed E-state index contributed by atoms with van der Waals surface area (Å²) in [4.78, 5) is 26.9. The van der Waals surface area contributed by atoms with E-state index >= 15 is 0 Å². The van der Waals surface area contributed by atoms with Crippen molar-refractivity contribution in [1.82, 2.24) is 14.9 Å². The van der Waals surface area contributed by atoms with E-state index in [0.717, 1.165) is 68.6 Å². The van der Waals surface area contributed by atoms with Crippen LogP contribution in [0.4, 0.5) is 5.82 Å². The Morgan fingerprint density at radius 1 is 1.11 bits per heavy atom. The quantitative estimate of drug-likeness (QED) is 0.820. The van der Waals surface area contributed by atoms with E-state index < -0.39 is 0 Å². The second kappa shape index (κ2) is 7.17. The third-order valence-electron chi connectivity index (χ3n) is 6.11. The zero-order chi connectivity index (χ0) is 19.1. The van der Waals surface area contributed by atoms with E-state index in [-0.39, 0.29) is 11.8 Å². The number of carbonyl (C=O) groups excluding carboxylic acids is 1. The van der Waals surface area contributed by atoms with Crippen LogP contribution in [0.2, 0.25) is 0 Å². The Balaban J connectivity index is 1.35. The molecule has 28 heavy (non-hydrogen) atoms. The molecule has 0 bridgehead atoms. The second-order valence-electron chi connectivity index (χ2n) is 7.99. The van der Waals surface area contributed by atoms with Crippen molar-refractivity contribution in [3.63, 3.8) is 0 Å². The maximum atomic E-state index is 13.2. The van der Waals surface area contributed by atoms with Gasteiger partial charge < -0.3 is 14.5 Å². The maximum Gasteiger partial charge on any atom is 0.226 e. The molecule has 1 aromatic carbocycles. The maximum absolute atomic E-state index is 13.2. The number of carbonyl (C=O) groups is 1. The number of amides is 1. The molecule has 1 aromatic heterocycles. The molecule has 1 amide bonds. The summed E-state index contributed by atoms with van der Waals surface area (Å²) in [6.45, 7) is 6.46. The number of fused-ring (bicyclic) bond motifs is 1. The predicted octanol–water partition coefficient (Wildman–Crippen LogP) is 2.31. The molecule has 1 saturated heterocycles. The molecule has 146 valence electrons. The van der Waals surface area contributed by atoms with Crippen molar-refractivity contribution < 1.29 is 9.53 Å². The summed E-state index contributed by atoms with van der Waals surface area (Å²) in [7, 11) is 0. The zero-order valence-electron chi connectivity index (χ0n) is 16.3. The number of hydrogen-bond acceptors (Lipinski definition) is 5. The van der Waals surface area contributed by atoms with Gasteiger partial charge in [0.15, 0.2) is 0 Å². The molecule has 6 nitrogen and oxygen atoms in total. The van der Waals surface area contributed by atoms with Gasteiger partial charge in [-0.05, 0) is 24.8 Å². The molecule has 2 fully saturated rings. The number of morpholine rings is 1. The van der Waals surface area contributed by atoms with Crippen molar-refractivity contribution in [3.8, 4) is 0 Å². The van der Waals surface area contributed by atoms with E-state index in [4.69, 9.17) is 9.72 Å². The lowest BCUT2D eigenvalue weighted by Crippen LogP contribution is -2.41. The Kier molecular flexibility index (Phi) is 4.51. The van der Waals surface area contributed by atoms with Crippen molar-refractivity contribution >= 4 is 11.7 Å². The topological polar surface area (TPSA) is 58.6 Å². The Morgan fingerprint density at radius 3 is 2.68 bits per heavy atom. The molecule has 6 heteroatoms. The number of ether oxygens (including phenoxy) is 1. The van der Waals surface area contributed by atoms with Crippen LogP contribution in [-0.4, -0.2) is 53.6 Å². The number of aryl methyl sites for hydroxylation is 1. The fourth-order valence-corrected chi connectivity index (χ4v) is 4.51. The van der Waals surface area contributed by atoms with Gasteiger partial charge in [-0.3, -0.25) is 4.79 Å². The van der Waals surface area contributed by atoms with Crippen LogP contribution in [0.3, 0.4) is 0 Å². The van der Waals surface area contributed by atoms with Gasteiger partial charge in [0.1, 0.15) is 11.6 Å². The number of rotatable bonds is 3. The molecule has 3 aliphatic rings. The monoisotopic (exact) mass is 378 g/mol. The van der Waals surface area contributed by atoms with Crippen molar-refractivity contribution in [1.29, 1.82) is 0 Å². The molecule has 0 radical (unpaired) electrons. The van der Waals surface area contributed by atoms with Crippen LogP contribution < -0.4 is 4.90 Å². The lowest BCUT2D eigenvalue weighted by Gasteiger charge is -2.34. The predicted molar refractivity (Wildman–Crippen MR) is 106 cm³/mol. The first-order valence-electron chi connectivity index (χ1n) is 10.2. The SMILES string of the molecule is Cc1nc2c(c(N3CCOCC3)n1)CN(C(=O)[C@@H]1C[C@H]1c1ccccc1)CC2. The van der Waals surface area contributed by atoms with Gasteiger partial charge in [0.05, 0.1) is 25.5 Å². The molecule has 1 aliphatic carbocycles. The Hall–Kier alpha value is -2.47. The summed E-state index contributed by atoms with van der Waals surface area (Å²) in [6.07, 6.45) is 1.78. The molecule has 2 aliphatic heterocycles. The fraction of sp³-hybridized carbons (Fsp3) is 0.500. The van der Waals surface area contributed by atoms with E-state index in [2.05, 4.69) is 34.1 Å². The molecule has 2 atom stereocenters. The minimum atomic E-state index is 0.127. The molecule has 1 saturated carbocycles. The van der Waals surface area contributed by atoms with Gasteiger partial charge >= 0.3 is 0 Å². The van der Waals surface area contributed by atoms with E-state index in [1.54, 1.807) is 0 Å². The van der Waals surface area contributed by atoms with Gasteiger partial charge in [0.2, 0.25) is 5.91 Å². The minimum Gasteiger partial charge on any atom is -0.378 e. The van der Waals surface area contributed by atoms with Crippen molar-refractivity contribution in [2.45, 2.75) is 32.2 Å². The highest BCUT2D eigenvalue weighted by Crippen LogP contribution is 2.48. The first kappa shape index (κ1) is 17.6. The Morgan fingerprint density at radius 2 is 1.89 bits per heavy atom. The highest BCUT2D eigenvalue weighted by molar-refractivity contribution is 5.83. The summed E-state index contributed by atoms with van der Waals surface area (Å²) in [5.41, 5.74) is 3.52. The third-order valence-corrected chi connectivity index (χ3v) is 6.11. The highest BCUT2D eigenvalue weighted by Gasteiger charge is 2.46. The van der Waals surface area contributed by atoms with Crippen LogP contribution in [0.25, 0.3) is 0 Å². The fourth-order valence-electron chi connectivity index (χ4n) is 4.51. The van der Waals surface area contributed by atoms with Crippen LogP contribution in [0, 0.1) is 12.8 Å². The van der Waals surface area contributed by atoms with E-state index in [1.165, 1.54) is 5.56 Å². The zero-order valence-corrected chi connectivity index (χ0v) is 16.3. The standard InChI is InChI=1S/C22H26N4O2/c1-15-23-20-7-8-26(14-19(20)21(24-15)25-9-11-28-12-10-25)22(27)18-13-17(18)16-5-3-2-4-6-16/h2-6,17-18H,7-14H2,1H3/t17-,18+/m0/s1. The normalized spacial score (nSPS) is 24.0. The summed E-state index contributed by atoms with van der Waals surface area (Å²) < 4.78 is 5.50. The largest absolute Gasteiger partial charge is 0.378 e. The molecule has 3 heterocycles. The summed E-state index contributed by atoms with van der Waals surface area (Å²) >= 11 is 0. The molecule has 0 N–H and O–H groups in total. The number of benzene rings is 1. The average molecular weight is 378 g/mol. The number of nitrogens with zero attached hydrogens (tertiary/aromatic N) is 4. The van der Waals surface area contributed by atoms with Gasteiger partial charge in [0, 0.05) is 37.5 Å². The van der Waals surface area contributed by atoms with E-state index in [9.17, 15) is 4.79 Å². The molecular formula is C22H26N4O2. The van der Waals surface area contributed by atoms with Gasteiger partial charge in [-0.2, -0.15) is 0 Å². The molecule has 2 aromatic rings. The highest BCUT2D eigenvalue weighted by atomic mass is 16.5. The number of hydrogen-bond donors (Lipinski definition) is 0. The van der Waals surface area contributed by atoms with Gasteiger partial charge in [-0.25, -0.2) is 9.97 Å². The Bertz CT molecular complexity index is 880. The van der Waals surface area contributed by atoms with Crippen LogP contribution in [0.1, 0.15) is 35.0 Å². The van der Waals surface area contributed by atoms with Gasteiger partial charge in [0.25, 0.3) is 0 Å². The summed E-state index contributed by atoms with van der Waals surface area (Å²) in [5, 5.41) is 0. The van der Waals surface area contributed by atoms with Crippen LogP contribution in [0.15, 0.2) is 30.3 Å². The summed E-state index contributed by atoms with van der Waals surface area (Å²) in [6, 6.07) is 10.4. The van der Waals surface area contributed by atoms with E-state index in [1.807, 2.05) is 17.9 Å². The third kappa shape index (κ3) is 3.26. The van der Waals surface area contributed by atoms with Crippen molar-refractivity contribution in [2.75, 3.05) is 37.7 Å². The summed E-state index contributed by atoms with van der Waals surface area (Å²) in [5.74, 6) is 2.60. The molecular weight excluding hydrogens is 352 g/mol. The van der Waals surface area contributed by atoms with E-state index in [0.29, 0.717) is 12.5 Å². The van der Waals surface area contributed by atoms with Gasteiger partial charge in [-0.1, -0.05) is 30.3 Å². The Labute approximate surface area is 165 Å². The number of aromatic nitrogens is 2. The molecule has 0 spiro atoms. The van der Waals surface area contributed by atoms with Crippen LogP contribution >= 0.6 is 0 Å². The lowest BCUT2D eigenvalue weighted by molar-refractivity contribution is -0.133. The first-order chi connectivity index (χ1) is 13.7. The van der Waals surface area contributed by atoms with Crippen LogP contribution in [-0.2, 0) is 22.5 Å². The minimum absolute atomic E-state index is 0.127. The van der Waals surface area contributed by atoms with Crippen molar-refractivity contribution in [2.24, 2.45) is 5.92 Å².